The topological polar surface area (TPSA) is 12.0 Å². The Hall–Kier alpha value is -0.720. The molecule has 1 heteroatoms. The fourth-order valence-electron chi connectivity index (χ4n) is 0.330. The van der Waals surface area contributed by atoms with Gasteiger partial charge >= 0.3 is 0 Å². The third kappa shape index (κ3) is 0.612. The van der Waals surface area contributed by atoms with Gasteiger partial charge in [0.05, 0.1) is 1.37 Å². The second-order valence-electron chi connectivity index (χ2n) is 1.06. The minimum atomic E-state index is 0.395. The zero-order valence-corrected chi connectivity index (χ0v) is 3.39. The van der Waals surface area contributed by atoms with E-state index in [1.165, 1.54) is 11.5 Å². The quantitative estimate of drug-likeness (QED) is 0.453. The van der Waals surface area contributed by atoms with Gasteiger partial charge in [0.2, 0.25) is 0 Å². The Morgan fingerprint density at radius 2 is 3.00 bits per heavy atom. The van der Waals surface area contributed by atoms with Gasteiger partial charge in [-0.3, -0.25) is 0 Å². The summed E-state index contributed by atoms with van der Waals surface area (Å²) in [6, 6.07) is 0.395. The predicted molar refractivity (Wildman–Crippen MR) is 26.3 cm³/mol. The molecular formula is C5H7N. The van der Waals surface area contributed by atoms with Crippen LogP contribution in [-0.4, -0.2) is 6.54 Å². The standard InChI is InChI=1S/C5H7N/c1-2-4-6-5-3-1/h1-4,6H,5H2/i2D/hD. The molecule has 0 bridgehead atoms. The molecule has 0 amide bonds. The molecule has 0 spiro atoms. The number of hydrogen-bond acceptors (Lipinski definition) is 1. The summed E-state index contributed by atoms with van der Waals surface area (Å²) in [4.78, 5) is 0. The number of hydrogen-bond donors (Lipinski definition) is 1. The highest BCUT2D eigenvalue weighted by Gasteiger charge is 1.73. The number of nitrogens with one attached hydrogen (secondary N) is 1. The van der Waals surface area contributed by atoms with Gasteiger partial charge < -0.3 is 5.31 Å². The molecule has 1 heterocycles. The van der Waals surface area contributed by atoms with Crippen LogP contribution in [0, 0.1) is 0 Å². The average Bonchev–Trinajstić information content (AvgIpc) is 1.64. The summed E-state index contributed by atoms with van der Waals surface area (Å²) in [5, 5.41) is 1.22. The van der Waals surface area contributed by atoms with Crippen LogP contribution in [0.1, 0.15) is 1.37 Å². The lowest BCUT2D eigenvalue weighted by molar-refractivity contribution is 0.972. The SMILES string of the molecule is [2H]C1=CN([2H])CC=C1. The molecule has 0 radical (unpaired) electrons. The molecule has 1 N–H and O–H groups in total. The molecule has 0 saturated heterocycles. The van der Waals surface area contributed by atoms with E-state index >= 15 is 0 Å². The van der Waals surface area contributed by atoms with Crippen molar-refractivity contribution in [1.29, 1.82) is 0 Å². The van der Waals surface area contributed by atoms with Crippen LogP contribution in [0.15, 0.2) is 24.4 Å². The van der Waals surface area contributed by atoms with Crippen LogP contribution in [-0.2, 0) is 0 Å². The largest absolute Gasteiger partial charge is 0.387 e. The van der Waals surface area contributed by atoms with Crippen molar-refractivity contribution in [3.63, 3.8) is 0 Å². The molecule has 32 valence electrons. The van der Waals surface area contributed by atoms with Crippen molar-refractivity contribution in [2.45, 2.75) is 0 Å². The zero-order chi connectivity index (χ0) is 5.98. The van der Waals surface area contributed by atoms with E-state index < -0.39 is 0 Å². The minimum Gasteiger partial charge on any atom is -0.387 e. The van der Waals surface area contributed by atoms with Gasteiger partial charge in [-0.1, -0.05) is 12.2 Å². The Morgan fingerprint density at radius 3 is 3.50 bits per heavy atom. The van der Waals surface area contributed by atoms with Gasteiger partial charge in [0.25, 0.3) is 0 Å². The first-order valence-corrected chi connectivity index (χ1v) is 1.89. The average molecular weight is 83.1 g/mol. The normalized spacial score (nSPS) is 25.3. The Kier molecular flexibility index (Phi) is 0.502. The molecule has 0 saturated carbocycles. The maximum absolute atomic E-state index is 7.02. The lowest BCUT2D eigenvalue weighted by Gasteiger charge is -1.94. The van der Waals surface area contributed by atoms with Gasteiger partial charge in [-0.2, -0.15) is 0 Å². The van der Waals surface area contributed by atoms with Crippen molar-refractivity contribution in [2.24, 2.45) is 0 Å². The van der Waals surface area contributed by atoms with Gasteiger partial charge in [-0.05, 0) is 12.3 Å². The Bertz CT molecular complexity index is 139. The molecule has 0 aliphatic carbocycles. The van der Waals surface area contributed by atoms with Crippen LogP contribution in [0.4, 0.5) is 0 Å². The fraction of sp³-hybridized carbons (Fsp3) is 0.200. The van der Waals surface area contributed by atoms with Crippen molar-refractivity contribution < 1.29 is 2.78 Å². The molecule has 0 fully saturated rings. The van der Waals surface area contributed by atoms with Crippen LogP contribution in [0.2, 0.25) is 1.41 Å². The summed E-state index contributed by atoms with van der Waals surface area (Å²) < 4.78 is 14.0. The van der Waals surface area contributed by atoms with Gasteiger partial charge in [0, 0.05) is 6.54 Å². The van der Waals surface area contributed by atoms with Crippen molar-refractivity contribution in [3.05, 3.63) is 24.4 Å². The van der Waals surface area contributed by atoms with Crippen LogP contribution in [0.5, 0.6) is 0 Å². The Balaban J connectivity index is 2.63. The van der Waals surface area contributed by atoms with Crippen molar-refractivity contribution >= 4 is 0 Å². The molecule has 1 aliphatic rings. The molecule has 0 aromatic rings. The summed E-state index contributed by atoms with van der Waals surface area (Å²) in [5.41, 5.74) is 0. The van der Waals surface area contributed by atoms with E-state index in [0.717, 1.165) is 0 Å². The summed E-state index contributed by atoms with van der Waals surface area (Å²) in [6.07, 6.45) is 4.94. The van der Waals surface area contributed by atoms with E-state index in [9.17, 15) is 0 Å². The highest BCUT2D eigenvalue weighted by atomic mass is 14.8. The summed E-state index contributed by atoms with van der Waals surface area (Å²) >= 11 is 0. The van der Waals surface area contributed by atoms with E-state index in [0.29, 0.717) is 12.6 Å². The third-order valence-corrected chi connectivity index (χ3v) is 0.591. The molecule has 1 rings (SSSR count). The van der Waals surface area contributed by atoms with Crippen molar-refractivity contribution in [1.82, 2.24) is 5.31 Å². The number of dihydropyridines is 1. The van der Waals surface area contributed by atoms with Crippen LogP contribution in [0.25, 0.3) is 0 Å². The summed E-state index contributed by atoms with van der Waals surface area (Å²) in [7, 11) is 0. The van der Waals surface area contributed by atoms with Gasteiger partial charge in [-0.15, -0.1) is 0 Å². The predicted octanol–water partition coefficient (Wildman–Crippen LogP) is 0.659. The summed E-state index contributed by atoms with van der Waals surface area (Å²) in [6.45, 7) is 0.600. The monoisotopic (exact) mass is 83.1 g/mol. The van der Waals surface area contributed by atoms with E-state index in [4.69, 9.17) is 2.78 Å². The first-order valence-electron chi connectivity index (χ1n) is 2.84. The minimum absolute atomic E-state index is 0.395. The van der Waals surface area contributed by atoms with Crippen LogP contribution in [0.3, 0.4) is 0 Å². The van der Waals surface area contributed by atoms with E-state index in [2.05, 4.69) is 0 Å². The lowest BCUT2D eigenvalue weighted by Crippen LogP contribution is -2.05. The van der Waals surface area contributed by atoms with Gasteiger partial charge in [0.1, 0.15) is 0 Å². The smallest absolute Gasteiger partial charge is 0.160 e. The first kappa shape index (κ1) is 1.82. The molecular weight excluding hydrogens is 74.1 g/mol. The van der Waals surface area contributed by atoms with Crippen molar-refractivity contribution in [3.8, 4) is 0 Å². The first-order chi connectivity index (χ1) is 3.79. The second-order valence-corrected chi connectivity index (χ2v) is 1.06. The molecule has 1 aliphatic heterocycles. The highest BCUT2D eigenvalue weighted by Crippen LogP contribution is 1.78. The van der Waals surface area contributed by atoms with Crippen LogP contribution >= 0.6 is 0 Å². The van der Waals surface area contributed by atoms with Gasteiger partial charge in [-0.25, -0.2) is 0 Å². The highest BCUT2D eigenvalue weighted by molar-refractivity contribution is 5.06. The fourth-order valence-corrected chi connectivity index (χ4v) is 0.330. The molecule has 6 heavy (non-hydrogen) atoms. The third-order valence-electron chi connectivity index (χ3n) is 0.591. The maximum Gasteiger partial charge on any atom is 0.160 e. The van der Waals surface area contributed by atoms with Crippen molar-refractivity contribution in [2.75, 3.05) is 6.54 Å². The van der Waals surface area contributed by atoms with Gasteiger partial charge in [0.15, 0.2) is 1.41 Å². The molecule has 0 unspecified atom stereocenters. The molecule has 0 atom stereocenters. The van der Waals surface area contributed by atoms with E-state index in [1.54, 1.807) is 12.2 Å². The molecule has 0 aromatic carbocycles. The Labute approximate surface area is 40.2 Å². The maximum atomic E-state index is 7.02. The second kappa shape index (κ2) is 1.65. The van der Waals surface area contributed by atoms with Crippen LogP contribution < -0.4 is 5.31 Å². The molecule has 1 nitrogen and oxygen atoms in total. The van der Waals surface area contributed by atoms with E-state index in [1.807, 2.05) is 0 Å². The molecule has 0 aromatic heterocycles. The Morgan fingerprint density at radius 1 is 2.00 bits per heavy atom. The zero-order valence-electron chi connectivity index (χ0n) is 5.39. The summed E-state index contributed by atoms with van der Waals surface area (Å²) in [5.74, 6) is 0. The number of allylic oxidation sites excluding steroid dienone is 2. The number of rotatable bonds is 0. The lowest BCUT2D eigenvalue weighted by atomic mass is 10.4. The van der Waals surface area contributed by atoms with E-state index in [-0.39, 0.29) is 0 Å².